The number of hydrogen-bond donors (Lipinski definition) is 0. The molecule has 0 radical (unpaired) electrons. The summed E-state index contributed by atoms with van der Waals surface area (Å²) in [7, 11) is 0. The minimum atomic E-state index is -0.879. The zero-order valence-corrected chi connectivity index (χ0v) is 27.8. The average molecular weight is 651 g/mol. The van der Waals surface area contributed by atoms with Gasteiger partial charge in [-0.05, 0) is 24.0 Å². The van der Waals surface area contributed by atoms with Crippen molar-refractivity contribution in [3.05, 3.63) is 215 Å². The van der Waals surface area contributed by atoms with Crippen molar-refractivity contribution in [3.8, 4) is 0 Å². The Kier molecular flexibility index (Phi) is 7.46. The molecule has 0 aromatic heterocycles. The van der Waals surface area contributed by atoms with Gasteiger partial charge in [0.1, 0.15) is 17.5 Å². The highest BCUT2D eigenvalue weighted by Gasteiger charge is 2.63. The third-order valence-electron chi connectivity index (χ3n) is 10.8. The van der Waals surface area contributed by atoms with E-state index in [1.165, 1.54) is 0 Å². The number of aliphatic imine (C=N–C) groups is 2. The summed E-state index contributed by atoms with van der Waals surface area (Å²) in [6, 6.07) is 62.8. The van der Waals surface area contributed by atoms with Crippen LogP contribution in [0.2, 0.25) is 0 Å². The number of nitrogens with zero attached hydrogens (tertiary/aromatic N) is 2. The number of hydrogen-bond acceptors (Lipinski definition) is 4. The van der Waals surface area contributed by atoms with Crippen molar-refractivity contribution in [2.75, 3.05) is 0 Å². The van der Waals surface area contributed by atoms with E-state index in [1.54, 1.807) is 0 Å². The van der Waals surface area contributed by atoms with Crippen LogP contribution in [-0.2, 0) is 20.7 Å². The molecule has 3 aliphatic rings. The minimum absolute atomic E-state index is 0.319. The summed E-state index contributed by atoms with van der Waals surface area (Å²) in [5.41, 5.74) is 4.08. The highest BCUT2D eigenvalue weighted by Crippen LogP contribution is 2.60. The maximum Gasteiger partial charge on any atom is 0.201 e. The van der Waals surface area contributed by atoms with E-state index in [9.17, 15) is 0 Å². The lowest BCUT2D eigenvalue weighted by Crippen LogP contribution is -2.49. The molecule has 244 valence electrons. The van der Waals surface area contributed by atoms with Crippen LogP contribution in [0.5, 0.6) is 0 Å². The normalized spacial score (nSPS) is 21.2. The molecule has 0 bridgehead atoms. The maximum atomic E-state index is 7.52. The first-order valence-electron chi connectivity index (χ1n) is 17.6. The summed E-state index contributed by atoms with van der Waals surface area (Å²) >= 11 is 0. The number of ether oxygens (including phenoxy) is 2. The van der Waals surface area contributed by atoms with Gasteiger partial charge in [0, 0.05) is 22.3 Å². The topological polar surface area (TPSA) is 43.2 Å². The lowest BCUT2D eigenvalue weighted by Gasteiger charge is -2.43. The lowest BCUT2D eigenvalue weighted by atomic mass is 9.68. The predicted octanol–water partition coefficient (Wildman–Crippen LogP) is 10.4. The maximum absolute atomic E-state index is 7.52. The fourth-order valence-electron chi connectivity index (χ4n) is 8.21. The summed E-state index contributed by atoms with van der Waals surface area (Å²) in [5.74, 6) is 1.40. The van der Waals surface area contributed by atoms with Crippen LogP contribution in [0.15, 0.2) is 192 Å². The standard InChI is InChI=1S/C46H38N2O2/c1-7-20-34(21-8-1)40-45(36-24-11-3-12-25-36,37-26-13-4-14-27-37)49-42(47-40)44(32-19-33-44)43-48-41(35-22-9-2-10-23-35)46(50-43,38-28-15-5-16-29-38)39-30-17-6-18-31-39/h1-18,20-31,40-41H,19,32-33H2/t40-,41-/m1/s1. The summed E-state index contributed by atoms with van der Waals surface area (Å²) in [4.78, 5) is 11.3. The van der Waals surface area contributed by atoms with Gasteiger partial charge in [-0.15, -0.1) is 0 Å². The van der Waals surface area contributed by atoms with Crippen molar-refractivity contribution >= 4 is 11.8 Å². The van der Waals surface area contributed by atoms with Gasteiger partial charge in [-0.25, -0.2) is 9.98 Å². The Hall–Kier alpha value is -5.74. The third kappa shape index (κ3) is 4.66. The van der Waals surface area contributed by atoms with Gasteiger partial charge in [-0.2, -0.15) is 0 Å². The van der Waals surface area contributed by atoms with Gasteiger partial charge in [-0.1, -0.05) is 188 Å². The second-order valence-corrected chi connectivity index (χ2v) is 13.6. The first kappa shape index (κ1) is 30.3. The molecule has 6 aromatic carbocycles. The fraction of sp³-hybridized carbons (Fsp3) is 0.174. The molecule has 0 N–H and O–H groups in total. The average Bonchev–Trinajstić information content (AvgIpc) is 3.79. The molecule has 9 rings (SSSR count). The molecule has 0 saturated heterocycles. The molecule has 0 unspecified atom stereocenters. The van der Waals surface area contributed by atoms with Crippen molar-refractivity contribution in [2.45, 2.75) is 42.5 Å². The molecule has 2 heterocycles. The van der Waals surface area contributed by atoms with Crippen LogP contribution in [0, 0.1) is 5.41 Å². The zero-order valence-electron chi connectivity index (χ0n) is 27.8. The van der Waals surface area contributed by atoms with Crippen molar-refractivity contribution < 1.29 is 9.47 Å². The first-order chi connectivity index (χ1) is 24.7. The molecule has 4 nitrogen and oxygen atoms in total. The van der Waals surface area contributed by atoms with E-state index in [4.69, 9.17) is 19.5 Å². The molecule has 2 atom stereocenters. The molecule has 1 aliphatic carbocycles. The third-order valence-corrected chi connectivity index (χ3v) is 10.8. The van der Waals surface area contributed by atoms with E-state index in [-0.39, 0.29) is 12.1 Å². The van der Waals surface area contributed by atoms with E-state index in [0.717, 1.165) is 52.6 Å². The fourth-order valence-corrected chi connectivity index (χ4v) is 8.21. The van der Waals surface area contributed by atoms with Gasteiger partial charge >= 0.3 is 0 Å². The number of rotatable bonds is 8. The SMILES string of the molecule is c1ccc([C@H]2N=C(C3(C4=N[C@H](c5ccccc5)C(c5ccccc5)(c5ccccc5)O4)CCC3)OC2(c2ccccc2)c2ccccc2)cc1. The largest absolute Gasteiger partial charge is 0.461 e. The van der Waals surface area contributed by atoms with Gasteiger partial charge in [0.15, 0.2) is 11.2 Å². The van der Waals surface area contributed by atoms with E-state index in [0.29, 0.717) is 11.8 Å². The Morgan fingerprint density at radius 1 is 0.380 bits per heavy atom. The van der Waals surface area contributed by atoms with Crippen LogP contribution in [0.1, 0.15) is 64.7 Å². The Bertz CT molecular complexity index is 1900. The Balaban J connectivity index is 1.24. The van der Waals surface area contributed by atoms with E-state index < -0.39 is 16.6 Å². The first-order valence-corrected chi connectivity index (χ1v) is 17.6. The number of benzene rings is 6. The van der Waals surface area contributed by atoms with Gasteiger partial charge in [0.2, 0.25) is 11.8 Å². The highest BCUT2D eigenvalue weighted by molar-refractivity contribution is 6.08. The molecule has 1 saturated carbocycles. The smallest absolute Gasteiger partial charge is 0.201 e. The van der Waals surface area contributed by atoms with Crippen LogP contribution in [0.4, 0.5) is 0 Å². The van der Waals surface area contributed by atoms with Crippen LogP contribution in [0.25, 0.3) is 0 Å². The van der Waals surface area contributed by atoms with E-state index in [1.807, 2.05) is 0 Å². The monoisotopic (exact) mass is 650 g/mol. The van der Waals surface area contributed by atoms with Gasteiger partial charge in [0.25, 0.3) is 0 Å². The van der Waals surface area contributed by atoms with Crippen LogP contribution in [0.3, 0.4) is 0 Å². The molecule has 0 amide bonds. The summed E-state index contributed by atoms with van der Waals surface area (Å²) in [6.45, 7) is 0. The second-order valence-electron chi connectivity index (χ2n) is 13.6. The van der Waals surface area contributed by atoms with E-state index in [2.05, 4.69) is 182 Å². The molecule has 0 spiro atoms. The quantitative estimate of drug-likeness (QED) is 0.165. The molecular formula is C46H38N2O2. The van der Waals surface area contributed by atoms with Crippen LogP contribution in [-0.4, -0.2) is 11.8 Å². The second kappa shape index (κ2) is 12.3. The minimum Gasteiger partial charge on any atom is -0.461 e. The molecule has 2 aliphatic heterocycles. The van der Waals surface area contributed by atoms with Crippen LogP contribution < -0.4 is 0 Å². The van der Waals surface area contributed by atoms with Crippen LogP contribution >= 0.6 is 0 Å². The van der Waals surface area contributed by atoms with Gasteiger partial charge < -0.3 is 9.47 Å². The highest BCUT2D eigenvalue weighted by atomic mass is 16.5. The molecular weight excluding hydrogens is 613 g/mol. The molecule has 4 heteroatoms. The van der Waals surface area contributed by atoms with Crippen molar-refractivity contribution in [3.63, 3.8) is 0 Å². The van der Waals surface area contributed by atoms with Gasteiger partial charge in [-0.3, -0.25) is 0 Å². The van der Waals surface area contributed by atoms with Crippen molar-refractivity contribution in [2.24, 2.45) is 15.4 Å². The van der Waals surface area contributed by atoms with Crippen molar-refractivity contribution in [1.82, 2.24) is 0 Å². The Labute approximate surface area is 293 Å². The van der Waals surface area contributed by atoms with Crippen molar-refractivity contribution in [1.29, 1.82) is 0 Å². The predicted molar refractivity (Wildman–Crippen MR) is 199 cm³/mol. The summed E-state index contributed by atoms with van der Waals surface area (Å²) in [6.07, 6.45) is 2.71. The molecule has 50 heavy (non-hydrogen) atoms. The molecule has 1 fully saturated rings. The van der Waals surface area contributed by atoms with Gasteiger partial charge in [0.05, 0.1) is 0 Å². The molecule has 6 aromatic rings. The van der Waals surface area contributed by atoms with E-state index >= 15 is 0 Å². The Morgan fingerprint density at radius 2 is 0.660 bits per heavy atom. The lowest BCUT2D eigenvalue weighted by molar-refractivity contribution is 0.0560. The zero-order chi connectivity index (χ0) is 33.4. The Morgan fingerprint density at radius 3 is 0.920 bits per heavy atom. The summed E-state index contributed by atoms with van der Waals surface area (Å²) < 4.78 is 15.0. The summed E-state index contributed by atoms with van der Waals surface area (Å²) in [5, 5.41) is 0.